The van der Waals surface area contributed by atoms with Gasteiger partial charge >= 0.3 is 0 Å². The Kier molecular flexibility index (Phi) is 3.03. The van der Waals surface area contributed by atoms with Crippen molar-refractivity contribution in [1.29, 1.82) is 0 Å². The van der Waals surface area contributed by atoms with Gasteiger partial charge in [-0.1, -0.05) is 57.7 Å². The standard InChI is InChI=1S/C10H19B/c1-9(2)10(11)7-5-3-4-6-8-10/h9H,3-8H2,1-2H3. The third-order valence-corrected chi connectivity index (χ3v) is 3.18. The van der Waals surface area contributed by atoms with Crippen molar-refractivity contribution in [2.75, 3.05) is 0 Å². The van der Waals surface area contributed by atoms with Gasteiger partial charge in [0.25, 0.3) is 0 Å². The highest BCUT2D eigenvalue weighted by Gasteiger charge is 2.27. The molecule has 62 valence electrons. The lowest BCUT2D eigenvalue weighted by Gasteiger charge is -2.33. The second kappa shape index (κ2) is 3.64. The molecule has 1 aliphatic rings. The first kappa shape index (κ1) is 9.16. The van der Waals surface area contributed by atoms with Gasteiger partial charge in [-0.25, -0.2) is 0 Å². The molecule has 1 aliphatic carbocycles. The molecule has 0 aromatic rings. The van der Waals surface area contributed by atoms with Gasteiger partial charge in [-0.15, -0.1) is 0 Å². The Hall–Kier alpha value is 0.0649. The van der Waals surface area contributed by atoms with E-state index in [-0.39, 0.29) is 5.31 Å². The molecular weight excluding hydrogens is 131 g/mol. The predicted molar refractivity (Wildman–Crippen MR) is 51.0 cm³/mol. The van der Waals surface area contributed by atoms with Crippen LogP contribution in [0.2, 0.25) is 5.31 Å². The Balaban J connectivity index is 2.52. The van der Waals surface area contributed by atoms with Crippen molar-refractivity contribution in [2.24, 2.45) is 5.92 Å². The molecule has 0 saturated heterocycles. The van der Waals surface area contributed by atoms with Crippen molar-refractivity contribution in [2.45, 2.75) is 57.7 Å². The molecule has 1 heteroatoms. The molecule has 1 rings (SSSR count). The molecule has 0 atom stereocenters. The summed E-state index contributed by atoms with van der Waals surface area (Å²) >= 11 is 0. The Morgan fingerprint density at radius 3 is 1.82 bits per heavy atom. The molecule has 0 N–H and O–H groups in total. The highest BCUT2D eigenvalue weighted by atomic mass is 14.3. The number of hydrogen-bond acceptors (Lipinski definition) is 0. The minimum Gasteiger partial charge on any atom is -0.0638 e. The lowest BCUT2D eigenvalue weighted by molar-refractivity contribution is 0.366. The van der Waals surface area contributed by atoms with Crippen LogP contribution < -0.4 is 0 Å². The molecule has 2 radical (unpaired) electrons. The van der Waals surface area contributed by atoms with Gasteiger partial charge < -0.3 is 0 Å². The van der Waals surface area contributed by atoms with Crippen LogP contribution in [0.1, 0.15) is 52.4 Å². The zero-order valence-electron chi connectivity index (χ0n) is 7.90. The van der Waals surface area contributed by atoms with Gasteiger partial charge in [0.05, 0.1) is 7.85 Å². The monoisotopic (exact) mass is 150 g/mol. The summed E-state index contributed by atoms with van der Waals surface area (Å²) in [6, 6.07) is 0. The summed E-state index contributed by atoms with van der Waals surface area (Å²) in [5.74, 6) is 0.653. The van der Waals surface area contributed by atoms with Crippen LogP contribution in [0.25, 0.3) is 0 Å². The van der Waals surface area contributed by atoms with Gasteiger partial charge in [0.2, 0.25) is 0 Å². The predicted octanol–water partition coefficient (Wildman–Crippen LogP) is 3.32. The Morgan fingerprint density at radius 1 is 1.00 bits per heavy atom. The van der Waals surface area contributed by atoms with Crippen molar-refractivity contribution in [3.05, 3.63) is 0 Å². The molecule has 11 heavy (non-hydrogen) atoms. The summed E-state index contributed by atoms with van der Waals surface area (Å²) in [4.78, 5) is 0. The SMILES string of the molecule is [B]C1(C(C)C)CCCCCC1. The molecule has 0 aromatic carbocycles. The number of hydrogen-bond donors (Lipinski definition) is 0. The smallest absolute Gasteiger partial charge is 0.0638 e. The van der Waals surface area contributed by atoms with Crippen molar-refractivity contribution >= 4 is 7.85 Å². The van der Waals surface area contributed by atoms with Gasteiger partial charge in [0.1, 0.15) is 0 Å². The summed E-state index contributed by atoms with van der Waals surface area (Å²) in [7, 11) is 6.30. The summed E-state index contributed by atoms with van der Waals surface area (Å²) in [5.41, 5.74) is 0. The highest BCUT2D eigenvalue weighted by Crippen LogP contribution is 2.44. The first-order valence-electron chi connectivity index (χ1n) is 4.94. The van der Waals surface area contributed by atoms with Crippen LogP contribution in [0, 0.1) is 5.92 Å². The van der Waals surface area contributed by atoms with E-state index in [0.29, 0.717) is 5.92 Å². The topological polar surface area (TPSA) is 0 Å². The first-order chi connectivity index (χ1) is 5.15. The van der Waals surface area contributed by atoms with Crippen LogP contribution in [-0.4, -0.2) is 7.85 Å². The summed E-state index contributed by atoms with van der Waals surface area (Å²) in [6.07, 6.45) is 7.95. The lowest BCUT2D eigenvalue weighted by atomic mass is 9.57. The zero-order chi connectivity index (χ0) is 8.32. The van der Waals surface area contributed by atoms with E-state index >= 15 is 0 Å². The minimum atomic E-state index is 0.163. The maximum absolute atomic E-state index is 6.30. The summed E-state index contributed by atoms with van der Waals surface area (Å²) < 4.78 is 0. The molecule has 0 nitrogen and oxygen atoms in total. The quantitative estimate of drug-likeness (QED) is 0.397. The van der Waals surface area contributed by atoms with E-state index in [1.54, 1.807) is 0 Å². The zero-order valence-corrected chi connectivity index (χ0v) is 7.90. The fourth-order valence-corrected chi connectivity index (χ4v) is 1.96. The molecule has 1 saturated carbocycles. The minimum absolute atomic E-state index is 0.163. The van der Waals surface area contributed by atoms with Gasteiger partial charge in [-0.05, 0) is 5.92 Å². The average Bonchev–Trinajstić information content (AvgIpc) is 2.15. The fraction of sp³-hybridized carbons (Fsp3) is 1.00. The molecule has 0 bridgehead atoms. The van der Waals surface area contributed by atoms with E-state index in [9.17, 15) is 0 Å². The van der Waals surface area contributed by atoms with Crippen LogP contribution in [-0.2, 0) is 0 Å². The molecule has 0 amide bonds. The fourth-order valence-electron chi connectivity index (χ4n) is 1.96. The van der Waals surface area contributed by atoms with E-state index < -0.39 is 0 Å². The third kappa shape index (κ3) is 2.25. The van der Waals surface area contributed by atoms with E-state index in [0.717, 1.165) is 0 Å². The van der Waals surface area contributed by atoms with E-state index in [4.69, 9.17) is 7.85 Å². The van der Waals surface area contributed by atoms with E-state index in [1.165, 1.54) is 38.5 Å². The summed E-state index contributed by atoms with van der Waals surface area (Å²) in [5, 5.41) is 0.163. The maximum atomic E-state index is 6.30. The highest BCUT2D eigenvalue weighted by molar-refractivity contribution is 6.15. The van der Waals surface area contributed by atoms with Crippen molar-refractivity contribution in [3.63, 3.8) is 0 Å². The first-order valence-corrected chi connectivity index (χ1v) is 4.94. The Labute approximate surface area is 72.2 Å². The average molecular weight is 150 g/mol. The normalized spacial score (nSPS) is 25.0. The van der Waals surface area contributed by atoms with Crippen LogP contribution in [0.5, 0.6) is 0 Å². The van der Waals surface area contributed by atoms with Crippen LogP contribution in [0.15, 0.2) is 0 Å². The molecule has 0 spiro atoms. The largest absolute Gasteiger partial charge is 0.0749 e. The van der Waals surface area contributed by atoms with Gasteiger partial charge in [0, 0.05) is 0 Å². The van der Waals surface area contributed by atoms with E-state index in [1.807, 2.05) is 0 Å². The second-order valence-electron chi connectivity index (χ2n) is 4.30. The Bertz CT molecular complexity index is 110. The van der Waals surface area contributed by atoms with Gasteiger partial charge in [0.15, 0.2) is 0 Å². The third-order valence-electron chi connectivity index (χ3n) is 3.18. The molecule has 0 unspecified atom stereocenters. The van der Waals surface area contributed by atoms with E-state index in [2.05, 4.69) is 13.8 Å². The molecule has 0 aromatic heterocycles. The second-order valence-corrected chi connectivity index (χ2v) is 4.30. The van der Waals surface area contributed by atoms with Crippen molar-refractivity contribution in [3.8, 4) is 0 Å². The molecule has 0 heterocycles. The van der Waals surface area contributed by atoms with Crippen molar-refractivity contribution in [1.82, 2.24) is 0 Å². The van der Waals surface area contributed by atoms with Crippen LogP contribution >= 0.6 is 0 Å². The molecular formula is C10H19B. The van der Waals surface area contributed by atoms with Crippen molar-refractivity contribution < 1.29 is 0 Å². The van der Waals surface area contributed by atoms with Crippen LogP contribution in [0.3, 0.4) is 0 Å². The Morgan fingerprint density at radius 2 is 1.45 bits per heavy atom. The molecule has 0 aliphatic heterocycles. The maximum Gasteiger partial charge on any atom is 0.0749 e. The lowest BCUT2D eigenvalue weighted by Crippen LogP contribution is -2.18. The van der Waals surface area contributed by atoms with Gasteiger partial charge in [-0.3, -0.25) is 0 Å². The summed E-state index contributed by atoms with van der Waals surface area (Å²) in [6.45, 7) is 4.51. The van der Waals surface area contributed by atoms with Gasteiger partial charge in [-0.2, -0.15) is 0 Å². The molecule has 1 fully saturated rings. The number of rotatable bonds is 1. The van der Waals surface area contributed by atoms with Crippen LogP contribution in [0.4, 0.5) is 0 Å².